The Hall–Kier alpha value is -1.19. The van der Waals surface area contributed by atoms with Crippen molar-refractivity contribution >= 4 is 11.3 Å². The molecule has 0 amide bonds. The molecule has 0 radical (unpaired) electrons. The van der Waals surface area contributed by atoms with Gasteiger partial charge in [-0.15, -0.1) is 11.3 Å². The monoisotopic (exact) mass is 246 g/mol. The largest absolute Gasteiger partial charge is 0.304 e. The second kappa shape index (κ2) is 5.94. The molecule has 1 unspecified atom stereocenters. The highest BCUT2D eigenvalue weighted by atomic mass is 32.1. The number of hydrogen-bond donors (Lipinski definition) is 1. The lowest BCUT2D eigenvalue weighted by molar-refractivity contribution is 0.518. The van der Waals surface area contributed by atoms with Crippen molar-refractivity contribution in [2.24, 2.45) is 0 Å². The maximum atomic E-state index is 4.29. The minimum absolute atomic E-state index is 0.416. The van der Waals surface area contributed by atoms with Crippen molar-refractivity contribution in [1.82, 2.24) is 10.3 Å². The third-order valence-electron chi connectivity index (χ3n) is 2.87. The first kappa shape index (κ1) is 12.3. The first-order valence-electron chi connectivity index (χ1n) is 5.98. The van der Waals surface area contributed by atoms with E-state index < -0.39 is 0 Å². The van der Waals surface area contributed by atoms with Crippen LogP contribution in [0.1, 0.15) is 35.5 Å². The van der Waals surface area contributed by atoms with E-state index in [0.717, 1.165) is 18.0 Å². The van der Waals surface area contributed by atoms with Crippen molar-refractivity contribution < 1.29 is 0 Å². The standard InChI is InChI=1S/C14H18N2S/c1-3-13(12-6-4-11(2)5-7-12)16-10-14-15-8-9-17-14/h4-9,13,16H,3,10H2,1-2H3. The van der Waals surface area contributed by atoms with Gasteiger partial charge in [0.05, 0.1) is 0 Å². The second-order valence-corrected chi connectivity index (χ2v) is 5.16. The average Bonchev–Trinajstić information content (AvgIpc) is 2.85. The van der Waals surface area contributed by atoms with E-state index in [2.05, 4.69) is 48.4 Å². The number of nitrogens with zero attached hydrogens (tertiary/aromatic N) is 1. The Morgan fingerprint density at radius 1 is 1.29 bits per heavy atom. The van der Waals surface area contributed by atoms with Crippen LogP contribution in [0.25, 0.3) is 0 Å². The Labute approximate surface area is 107 Å². The lowest BCUT2D eigenvalue weighted by Gasteiger charge is -2.16. The summed E-state index contributed by atoms with van der Waals surface area (Å²) in [5, 5.41) is 6.72. The Morgan fingerprint density at radius 3 is 2.65 bits per heavy atom. The fraction of sp³-hybridized carbons (Fsp3) is 0.357. The summed E-state index contributed by atoms with van der Waals surface area (Å²) in [6, 6.07) is 9.17. The number of aryl methyl sites for hydroxylation is 1. The van der Waals surface area contributed by atoms with Gasteiger partial charge >= 0.3 is 0 Å². The molecule has 1 heterocycles. The zero-order valence-electron chi connectivity index (χ0n) is 10.3. The van der Waals surface area contributed by atoms with Gasteiger partial charge in [0.25, 0.3) is 0 Å². The van der Waals surface area contributed by atoms with Crippen LogP contribution in [0.4, 0.5) is 0 Å². The van der Waals surface area contributed by atoms with Crippen molar-refractivity contribution in [2.75, 3.05) is 0 Å². The highest BCUT2D eigenvalue weighted by Gasteiger charge is 2.08. The molecule has 0 saturated carbocycles. The van der Waals surface area contributed by atoms with Gasteiger partial charge in [-0.05, 0) is 18.9 Å². The van der Waals surface area contributed by atoms with E-state index in [4.69, 9.17) is 0 Å². The molecule has 1 aromatic carbocycles. The maximum Gasteiger partial charge on any atom is 0.106 e. The topological polar surface area (TPSA) is 24.9 Å². The Balaban J connectivity index is 1.99. The summed E-state index contributed by atoms with van der Waals surface area (Å²) < 4.78 is 0. The molecule has 90 valence electrons. The summed E-state index contributed by atoms with van der Waals surface area (Å²) in [6.07, 6.45) is 2.95. The lowest BCUT2D eigenvalue weighted by atomic mass is 10.0. The van der Waals surface area contributed by atoms with E-state index >= 15 is 0 Å². The fourth-order valence-electron chi connectivity index (χ4n) is 1.85. The van der Waals surface area contributed by atoms with Crippen LogP contribution < -0.4 is 5.32 Å². The lowest BCUT2D eigenvalue weighted by Crippen LogP contribution is -2.20. The van der Waals surface area contributed by atoms with E-state index in [1.165, 1.54) is 11.1 Å². The zero-order chi connectivity index (χ0) is 12.1. The Morgan fingerprint density at radius 2 is 2.06 bits per heavy atom. The predicted molar refractivity (Wildman–Crippen MR) is 73.2 cm³/mol. The molecule has 0 spiro atoms. The van der Waals surface area contributed by atoms with Gasteiger partial charge in [-0.2, -0.15) is 0 Å². The zero-order valence-corrected chi connectivity index (χ0v) is 11.1. The molecule has 17 heavy (non-hydrogen) atoms. The Bertz CT molecular complexity index is 434. The molecule has 2 aromatic rings. The number of thiazole rings is 1. The first-order valence-corrected chi connectivity index (χ1v) is 6.86. The number of hydrogen-bond acceptors (Lipinski definition) is 3. The van der Waals surface area contributed by atoms with Gasteiger partial charge in [0.1, 0.15) is 5.01 Å². The summed E-state index contributed by atoms with van der Waals surface area (Å²) in [6.45, 7) is 5.18. The highest BCUT2D eigenvalue weighted by molar-refractivity contribution is 7.09. The summed E-state index contributed by atoms with van der Waals surface area (Å²) >= 11 is 1.70. The molecular formula is C14H18N2S. The molecule has 2 nitrogen and oxygen atoms in total. The normalized spacial score (nSPS) is 12.6. The molecule has 0 aliphatic carbocycles. The summed E-state index contributed by atoms with van der Waals surface area (Å²) in [5.74, 6) is 0. The smallest absolute Gasteiger partial charge is 0.106 e. The second-order valence-electron chi connectivity index (χ2n) is 4.18. The van der Waals surface area contributed by atoms with Crippen LogP contribution in [-0.4, -0.2) is 4.98 Å². The van der Waals surface area contributed by atoms with Crippen LogP contribution >= 0.6 is 11.3 Å². The van der Waals surface area contributed by atoms with Crippen molar-refractivity contribution in [3.8, 4) is 0 Å². The molecule has 0 aliphatic heterocycles. The van der Waals surface area contributed by atoms with Crippen molar-refractivity contribution in [1.29, 1.82) is 0 Å². The van der Waals surface area contributed by atoms with E-state index in [9.17, 15) is 0 Å². The van der Waals surface area contributed by atoms with Gasteiger partial charge in [0.15, 0.2) is 0 Å². The van der Waals surface area contributed by atoms with Crippen molar-refractivity contribution in [3.05, 3.63) is 52.0 Å². The number of benzene rings is 1. The summed E-state index contributed by atoms with van der Waals surface area (Å²) in [5.41, 5.74) is 2.66. The van der Waals surface area contributed by atoms with Crippen molar-refractivity contribution in [3.63, 3.8) is 0 Å². The minimum Gasteiger partial charge on any atom is -0.304 e. The van der Waals surface area contributed by atoms with E-state index in [1.54, 1.807) is 11.3 Å². The van der Waals surface area contributed by atoms with Gasteiger partial charge in [-0.1, -0.05) is 36.8 Å². The molecule has 1 aromatic heterocycles. The van der Waals surface area contributed by atoms with E-state index in [1.807, 2.05) is 11.6 Å². The van der Waals surface area contributed by atoms with Crippen LogP contribution in [0.5, 0.6) is 0 Å². The van der Waals surface area contributed by atoms with E-state index in [0.29, 0.717) is 6.04 Å². The van der Waals surface area contributed by atoms with Crippen LogP contribution in [0, 0.1) is 6.92 Å². The molecule has 0 saturated heterocycles. The fourth-order valence-corrected chi connectivity index (χ4v) is 2.41. The number of rotatable bonds is 5. The minimum atomic E-state index is 0.416. The molecule has 0 bridgehead atoms. The third-order valence-corrected chi connectivity index (χ3v) is 3.65. The third kappa shape index (κ3) is 3.38. The van der Waals surface area contributed by atoms with Crippen LogP contribution in [0.2, 0.25) is 0 Å². The summed E-state index contributed by atoms with van der Waals surface area (Å²) in [7, 11) is 0. The van der Waals surface area contributed by atoms with Gasteiger partial charge < -0.3 is 5.32 Å². The molecule has 1 N–H and O–H groups in total. The first-order chi connectivity index (χ1) is 8.29. The molecule has 2 rings (SSSR count). The maximum absolute atomic E-state index is 4.29. The number of aromatic nitrogens is 1. The predicted octanol–water partition coefficient (Wildman–Crippen LogP) is 3.69. The van der Waals surface area contributed by atoms with Gasteiger partial charge in [-0.25, -0.2) is 4.98 Å². The molecule has 0 aliphatic rings. The SMILES string of the molecule is CCC(NCc1nccs1)c1ccc(C)cc1. The van der Waals surface area contributed by atoms with Gasteiger partial charge in [0.2, 0.25) is 0 Å². The van der Waals surface area contributed by atoms with E-state index in [-0.39, 0.29) is 0 Å². The van der Waals surface area contributed by atoms with Crippen LogP contribution in [0.3, 0.4) is 0 Å². The average molecular weight is 246 g/mol. The molecule has 3 heteroatoms. The van der Waals surface area contributed by atoms with Gasteiger partial charge in [-0.3, -0.25) is 0 Å². The van der Waals surface area contributed by atoms with Crippen molar-refractivity contribution in [2.45, 2.75) is 32.9 Å². The van der Waals surface area contributed by atoms with Gasteiger partial charge in [0, 0.05) is 24.2 Å². The van der Waals surface area contributed by atoms with Crippen LogP contribution in [-0.2, 0) is 6.54 Å². The molecule has 1 atom stereocenters. The summed E-state index contributed by atoms with van der Waals surface area (Å²) in [4.78, 5) is 4.29. The number of nitrogens with one attached hydrogen (secondary N) is 1. The molecule has 0 fully saturated rings. The highest BCUT2D eigenvalue weighted by Crippen LogP contribution is 2.18. The molecular weight excluding hydrogens is 228 g/mol. The van der Waals surface area contributed by atoms with Crippen LogP contribution in [0.15, 0.2) is 35.8 Å². The quantitative estimate of drug-likeness (QED) is 0.870. The Kier molecular flexibility index (Phi) is 4.29.